The van der Waals surface area contributed by atoms with E-state index in [4.69, 9.17) is 9.47 Å². The number of carbonyl (C=O) groups excluding carboxylic acids is 5. The lowest BCUT2D eigenvalue weighted by molar-refractivity contribution is -0.142. The van der Waals surface area contributed by atoms with Crippen molar-refractivity contribution < 1.29 is 33.4 Å². The number of methoxy groups -OCH3 is 1. The third kappa shape index (κ3) is 10.2. The van der Waals surface area contributed by atoms with Crippen LogP contribution in [0.15, 0.2) is 48.6 Å². The molecule has 1 aromatic heterocycles. The summed E-state index contributed by atoms with van der Waals surface area (Å²) in [6, 6.07) is 6.00. The van der Waals surface area contributed by atoms with Crippen LogP contribution in [-0.4, -0.2) is 82.0 Å². The largest absolute Gasteiger partial charge is 0.464 e. The SMILES string of the molecule is CC[C@H](C)[C@H](NC(=O)OC(C)(C)C)C(=O)N[C@@H](Cc1cnc[nH]1)C(=O)N1CCC[C@H]1C(=O)NC(=Cc1ccccc1)C(=O)OC. The minimum atomic E-state index is -1.08. The second kappa shape index (κ2) is 15.9. The lowest BCUT2D eigenvalue weighted by Crippen LogP contribution is -2.58. The predicted molar refractivity (Wildman–Crippen MR) is 166 cm³/mol. The Kier molecular flexibility index (Phi) is 12.3. The van der Waals surface area contributed by atoms with Crippen LogP contribution in [-0.2, 0) is 35.1 Å². The smallest absolute Gasteiger partial charge is 0.408 e. The van der Waals surface area contributed by atoms with E-state index in [1.54, 1.807) is 51.2 Å². The normalized spacial score (nSPS) is 17.1. The van der Waals surface area contributed by atoms with E-state index in [-0.39, 0.29) is 24.6 Å². The van der Waals surface area contributed by atoms with Crippen molar-refractivity contribution >= 4 is 35.9 Å². The summed E-state index contributed by atoms with van der Waals surface area (Å²) in [7, 11) is 1.21. The van der Waals surface area contributed by atoms with E-state index in [2.05, 4.69) is 25.9 Å². The highest BCUT2D eigenvalue weighted by Gasteiger charge is 2.39. The number of aromatic nitrogens is 2. The average Bonchev–Trinajstić information content (AvgIpc) is 3.70. The molecule has 4 atom stereocenters. The van der Waals surface area contributed by atoms with Gasteiger partial charge in [0.2, 0.25) is 17.7 Å². The number of nitrogens with zero attached hydrogens (tertiary/aromatic N) is 2. The number of aromatic amines is 1. The van der Waals surface area contributed by atoms with Crippen molar-refractivity contribution in [2.45, 2.75) is 84.0 Å². The predicted octanol–water partition coefficient (Wildman–Crippen LogP) is 2.70. The van der Waals surface area contributed by atoms with E-state index < -0.39 is 53.5 Å². The Morgan fingerprint density at radius 3 is 2.44 bits per heavy atom. The van der Waals surface area contributed by atoms with Crippen LogP contribution in [0.4, 0.5) is 4.79 Å². The van der Waals surface area contributed by atoms with Crippen LogP contribution in [0, 0.1) is 5.92 Å². The molecule has 0 spiro atoms. The molecule has 1 aliphatic rings. The lowest BCUT2D eigenvalue weighted by atomic mass is 9.97. The molecule has 13 nitrogen and oxygen atoms in total. The molecule has 0 saturated carbocycles. The Hall–Kier alpha value is -4.68. The van der Waals surface area contributed by atoms with Crippen LogP contribution >= 0.6 is 0 Å². The molecule has 1 aromatic carbocycles. The molecule has 1 aliphatic heterocycles. The Balaban J connectivity index is 1.83. The maximum Gasteiger partial charge on any atom is 0.408 e. The van der Waals surface area contributed by atoms with E-state index >= 15 is 0 Å². The van der Waals surface area contributed by atoms with Gasteiger partial charge in [-0.15, -0.1) is 0 Å². The van der Waals surface area contributed by atoms with Crippen LogP contribution < -0.4 is 16.0 Å². The zero-order valence-corrected chi connectivity index (χ0v) is 26.7. The number of rotatable bonds is 12. The number of alkyl carbamates (subject to hydrolysis) is 1. The lowest BCUT2D eigenvalue weighted by Gasteiger charge is -2.31. The summed E-state index contributed by atoms with van der Waals surface area (Å²) in [5.74, 6) is -2.61. The van der Waals surface area contributed by atoms with Crippen molar-refractivity contribution in [1.29, 1.82) is 0 Å². The first kappa shape index (κ1) is 34.8. The van der Waals surface area contributed by atoms with Crippen molar-refractivity contribution in [2.75, 3.05) is 13.7 Å². The summed E-state index contributed by atoms with van der Waals surface area (Å²) in [6.45, 7) is 9.13. The van der Waals surface area contributed by atoms with Gasteiger partial charge in [-0.25, -0.2) is 14.6 Å². The second-order valence-corrected chi connectivity index (χ2v) is 12.0. The van der Waals surface area contributed by atoms with Gasteiger partial charge in [0.15, 0.2) is 0 Å². The van der Waals surface area contributed by atoms with E-state index in [0.717, 1.165) is 0 Å². The third-order valence-electron chi connectivity index (χ3n) is 7.37. The number of esters is 1. The molecule has 13 heteroatoms. The molecule has 4 amide bonds. The van der Waals surface area contributed by atoms with Gasteiger partial charge >= 0.3 is 12.1 Å². The molecule has 1 saturated heterocycles. The molecule has 0 bridgehead atoms. The molecule has 4 N–H and O–H groups in total. The molecule has 0 radical (unpaired) electrons. The number of likely N-dealkylation sites (tertiary alicyclic amines) is 1. The van der Waals surface area contributed by atoms with Gasteiger partial charge in [-0.3, -0.25) is 14.4 Å². The summed E-state index contributed by atoms with van der Waals surface area (Å²) in [5, 5.41) is 8.10. The number of benzene rings is 1. The van der Waals surface area contributed by atoms with Crippen LogP contribution in [0.25, 0.3) is 6.08 Å². The van der Waals surface area contributed by atoms with E-state index in [9.17, 15) is 24.0 Å². The van der Waals surface area contributed by atoms with Gasteiger partial charge in [0.1, 0.15) is 29.4 Å². The van der Waals surface area contributed by atoms with Crippen molar-refractivity contribution in [2.24, 2.45) is 5.92 Å². The topological polar surface area (TPSA) is 172 Å². The van der Waals surface area contributed by atoms with Crippen LogP contribution in [0.3, 0.4) is 0 Å². The van der Waals surface area contributed by atoms with Gasteiger partial charge in [-0.2, -0.15) is 0 Å². The first-order valence-electron chi connectivity index (χ1n) is 15.1. The highest BCUT2D eigenvalue weighted by molar-refractivity contribution is 6.00. The molecular weight excluding hydrogens is 580 g/mol. The fraction of sp³-hybridized carbons (Fsp3) is 0.500. The van der Waals surface area contributed by atoms with E-state index in [0.29, 0.717) is 30.5 Å². The molecule has 0 aliphatic carbocycles. The van der Waals surface area contributed by atoms with Crippen molar-refractivity contribution in [1.82, 2.24) is 30.8 Å². The Labute approximate surface area is 263 Å². The number of carbonyl (C=O) groups is 5. The molecule has 244 valence electrons. The minimum Gasteiger partial charge on any atom is -0.464 e. The number of amides is 4. The monoisotopic (exact) mass is 624 g/mol. The number of H-pyrrole nitrogens is 1. The molecule has 3 rings (SSSR count). The number of imidazole rings is 1. The standard InChI is InChI=1S/C32H44N6O7/c1-7-20(2)26(37-31(43)45-32(3,4)5)28(40)35-23(17-22-18-33-19-34-22)29(41)38-15-11-14-25(38)27(39)36-24(30(42)44-6)16-21-12-9-8-10-13-21/h8-10,12-13,16,18-20,23,25-26H,7,11,14-15,17H2,1-6H3,(H,33,34)(H,35,40)(H,36,39)(H,37,43)/t20-,23-,25-,26-/m0/s1. The quantitative estimate of drug-likeness (QED) is 0.206. The number of ether oxygens (including phenoxy) is 2. The summed E-state index contributed by atoms with van der Waals surface area (Å²) in [4.78, 5) is 74.6. The van der Waals surface area contributed by atoms with E-state index in [1.807, 2.05) is 19.9 Å². The van der Waals surface area contributed by atoms with Gasteiger partial charge < -0.3 is 35.3 Å². The minimum absolute atomic E-state index is 0.0659. The van der Waals surface area contributed by atoms with Crippen LogP contribution in [0.2, 0.25) is 0 Å². The Morgan fingerprint density at radius 2 is 1.84 bits per heavy atom. The molecule has 0 unspecified atom stereocenters. The summed E-state index contributed by atoms with van der Waals surface area (Å²) in [5.41, 5.74) is 0.429. The van der Waals surface area contributed by atoms with Gasteiger partial charge in [-0.05, 0) is 51.2 Å². The highest BCUT2D eigenvalue weighted by Crippen LogP contribution is 2.21. The summed E-state index contributed by atoms with van der Waals surface area (Å²) in [6.07, 6.45) is 5.29. The summed E-state index contributed by atoms with van der Waals surface area (Å²) < 4.78 is 10.2. The first-order chi connectivity index (χ1) is 21.3. The second-order valence-electron chi connectivity index (χ2n) is 12.0. The third-order valence-corrected chi connectivity index (χ3v) is 7.37. The first-order valence-corrected chi connectivity index (χ1v) is 15.1. The average molecular weight is 625 g/mol. The van der Waals surface area contributed by atoms with Crippen LogP contribution in [0.5, 0.6) is 0 Å². The Morgan fingerprint density at radius 1 is 1.13 bits per heavy atom. The zero-order valence-electron chi connectivity index (χ0n) is 26.7. The molecule has 2 aromatic rings. The number of hydrogen-bond donors (Lipinski definition) is 4. The molecule has 45 heavy (non-hydrogen) atoms. The van der Waals surface area contributed by atoms with Gasteiger partial charge in [0, 0.05) is 24.9 Å². The van der Waals surface area contributed by atoms with Gasteiger partial charge in [0.25, 0.3) is 0 Å². The van der Waals surface area contributed by atoms with Gasteiger partial charge in [-0.1, -0.05) is 50.6 Å². The maximum atomic E-state index is 14.0. The molecule has 1 fully saturated rings. The van der Waals surface area contributed by atoms with Gasteiger partial charge in [0.05, 0.1) is 13.4 Å². The Bertz CT molecular complexity index is 1350. The highest BCUT2D eigenvalue weighted by atomic mass is 16.6. The summed E-state index contributed by atoms with van der Waals surface area (Å²) >= 11 is 0. The fourth-order valence-electron chi connectivity index (χ4n) is 4.91. The van der Waals surface area contributed by atoms with Crippen molar-refractivity contribution in [3.8, 4) is 0 Å². The van der Waals surface area contributed by atoms with Crippen molar-refractivity contribution in [3.63, 3.8) is 0 Å². The number of hydrogen-bond acceptors (Lipinski definition) is 8. The zero-order chi connectivity index (χ0) is 33.1. The fourth-order valence-corrected chi connectivity index (χ4v) is 4.91. The van der Waals surface area contributed by atoms with E-state index in [1.165, 1.54) is 24.4 Å². The number of nitrogens with one attached hydrogen (secondary N) is 4. The van der Waals surface area contributed by atoms with Crippen molar-refractivity contribution in [3.05, 3.63) is 59.8 Å². The molecule has 2 heterocycles. The molecular formula is C32H44N6O7. The maximum absolute atomic E-state index is 14.0. The van der Waals surface area contributed by atoms with Crippen LogP contribution in [0.1, 0.15) is 65.1 Å².